The van der Waals surface area contributed by atoms with E-state index in [1.54, 1.807) is 0 Å². The van der Waals surface area contributed by atoms with Gasteiger partial charge < -0.3 is 10.3 Å². The van der Waals surface area contributed by atoms with Gasteiger partial charge in [0.2, 0.25) is 0 Å². The molecule has 2 N–H and O–H groups in total. The van der Waals surface area contributed by atoms with E-state index in [0.29, 0.717) is 12.5 Å². The van der Waals surface area contributed by atoms with Gasteiger partial charge in [0.25, 0.3) is 0 Å². The number of hydrogen-bond acceptors (Lipinski definition) is 4. The average molecular weight is 435 g/mol. The fourth-order valence-corrected chi connectivity index (χ4v) is 5.45. The molecule has 2 aromatic rings. The Kier molecular flexibility index (Phi) is 6.15. The molecular formula is C28H28N5+. The van der Waals surface area contributed by atoms with E-state index in [1.165, 1.54) is 16.0 Å². The molecule has 0 aromatic heterocycles. The van der Waals surface area contributed by atoms with Crippen molar-refractivity contribution in [2.75, 3.05) is 13.1 Å². The molecule has 4 rings (SSSR count). The summed E-state index contributed by atoms with van der Waals surface area (Å²) in [5.74, 6) is -1.08. The van der Waals surface area contributed by atoms with Crippen LogP contribution in [0, 0.1) is 56.7 Å². The first kappa shape index (κ1) is 22.5. The van der Waals surface area contributed by atoms with Crippen molar-refractivity contribution in [1.82, 2.24) is 0 Å². The maximum atomic E-state index is 10.2. The van der Waals surface area contributed by atoms with Crippen LogP contribution in [-0.2, 0) is 6.54 Å². The topological polar surface area (TPSA) is 99.7 Å². The molecule has 2 aromatic carbocycles. The molecule has 0 saturated heterocycles. The highest BCUT2D eigenvalue weighted by Crippen LogP contribution is 2.52. The number of fused-ring (bicyclic) bond motifs is 1. The van der Waals surface area contributed by atoms with E-state index >= 15 is 0 Å². The Bertz CT molecular complexity index is 1170. The highest BCUT2D eigenvalue weighted by Gasteiger charge is 2.58. The van der Waals surface area contributed by atoms with Crippen molar-refractivity contribution in [3.8, 4) is 18.2 Å². The van der Waals surface area contributed by atoms with Gasteiger partial charge in [-0.25, -0.2) is 0 Å². The van der Waals surface area contributed by atoms with Crippen LogP contribution >= 0.6 is 0 Å². The lowest BCUT2D eigenvalue weighted by Crippen LogP contribution is -3.12. The first-order valence-corrected chi connectivity index (χ1v) is 11.4. The van der Waals surface area contributed by atoms with E-state index in [4.69, 9.17) is 5.41 Å². The predicted molar refractivity (Wildman–Crippen MR) is 126 cm³/mol. The number of nitriles is 3. The molecular weight excluding hydrogens is 406 g/mol. The quantitative estimate of drug-likeness (QED) is 0.717. The van der Waals surface area contributed by atoms with Crippen molar-refractivity contribution >= 4 is 5.71 Å². The minimum atomic E-state index is -1.66. The number of nitrogens with one attached hydrogen (secondary N) is 2. The van der Waals surface area contributed by atoms with Crippen LogP contribution in [0.25, 0.3) is 0 Å². The highest BCUT2D eigenvalue weighted by molar-refractivity contribution is 6.00. The Morgan fingerprint density at radius 1 is 1.03 bits per heavy atom. The van der Waals surface area contributed by atoms with Crippen LogP contribution in [0.1, 0.15) is 42.4 Å². The maximum absolute atomic E-state index is 10.2. The normalized spacial score (nSPS) is 25.8. The zero-order valence-electron chi connectivity index (χ0n) is 19.0. The second-order valence-electron chi connectivity index (χ2n) is 9.44. The largest absolute Gasteiger partial charge is 0.327 e. The molecule has 164 valence electrons. The molecule has 2 aliphatic rings. The van der Waals surface area contributed by atoms with Gasteiger partial charge in [0, 0.05) is 17.4 Å². The fourth-order valence-electron chi connectivity index (χ4n) is 5.45. The number of nitrogens with zero attached hydrogens (tertiary/aromatic N) is 3. The van der Waals surface area contributed by atoms with Crippen molar-refractivity contribution in [3.63, 3.8) is 0 Å². The Balaban J connectivity index is 1.80. The third-order valence-electron chi connectivity index (χ3n) is 7.22. The third-order valence-corrected chi connectivity index (χ3v) is 7.22. The Hall–Kier alpha value is -3.72. The Labute approximate surface area is 195 Å². The lowest BCUT2D eigenvalue weighted by atomic mass is 9.54. The minimum Gasteiger partial charge on any atom is -0.327 e. The monoisotopic (exact) mass is 434 g/mol. The minimum absolute atomic E-state index is 0.0815. The van der Waals surface area contributed by atoms with Crippen LogP contribution in [0.3, 0.4) is 0 Å². The van der Waals surface area contributed by atoms with Gasteiger partial charge in [0.05, 0.1) is 37.0 Å². The van der Waals surface area contributed by atoms with E-state index in [1.807, 2.05) is 30.3 Å². The third kappa shape index (κ3) is 3.84. The molecule has 0 amide bonds. The molecule has 5 nitrogen and oxygen atoms in total. The van der Waals surface area contributed by atoms with Crippen LogP contribution in [0.15, 0.2) is 66.2 Å². The number of quaternary nitrogens is 1. The van der Waals surface area contributed by atoms with Crippen molar-refractivity contribution in [3.05, 3.63) is 82.9 Å². The molecule has 1 fully saturated rings. The molecule has 4 atom stereocenters. The lowest BCUT2D eigenvalue weighted by molar-refractivity contribution is -0.913. The van der Waals surface area contributed by atoms with Gasteiger partial charge in [-0.3, -0.25) is 0 Å². The van der Waals surface area contributed by atoms with Crippen LogP contribution in [0.2, 0.25) is 0 Å². The summed E-state index contributed by atoms with van der Waals surface area (Å²) < 4.78 is 0. The molecule has 1 unspecified atom stereocenters. The van der Waals surface area contributed by atoms with Crippen LogP contribution in [0.5, 0.6) is 0 Å². The van der Waals surface area contributed by atoms with E-state index < -0.39 is 17.3 Å². The van der Waals surface area contributed by atoms with Gasteiger partial charge in [-0.05, 0) is 28.7 Å². The summed E-state index contributed by atoms with van der Waals surface area (Å²) in [6.45, 7) is 6.57. The van der Waals surface area contributed by atoms with Crippen molar-refractivity contribution < 1.29 is 4.90 Å². The van der Waals surface area contributed by atoms with Crippen LogP contribution < -0.4 is 4.90 Å². The number of hydrogen-bond donors (Lipinski definition) is 2. The summed E-state index contributed by atoms with van der Waals surface area (Å²) >= 11 is 0. The van der Waals surface area contributed by atoms with E-state index in [2.05, 4.69) is 62.4 Å². The first-order valence-electron chi connectivity index (χ1n) is 11.4. The van der Waals surface area contributed by atoms with Gasteiger partial charge in [-0.15, -0.1) is 0 Å². The summed E-state index contributed by atoms with van der Waals surface area (Å²) in [6, 6.07) is 25.0. The predicted octanol–water partition coefficient (Wildman–Crippen LogP) is 3.74. The van der Waals surface area contributed by atoms with Gasteiger partial charge >= 0.3 is 0 Å². The van der Waals surface area contributed by atoms with Crippen molar-refractivity contribution in [2.24, 2.45) is 17.3 Å². The molecule has 1 aliphatic carbocycles. The summed E-state index contributed by atoms with van der Waals surface area (Å²) in [5.41, 5.74) is 2.47. The zero-order chi connectivity index (χ0) is 23.6. The summed E-state index contributed by atoms with van der Waals surface area (Å²) in [4.78, 5) is 1.33. The van der Waals surface area contributed by atoms with Gasteiger partial charge in [0.1, 0.15) is 12.5 Å². The highest BCUT2D eigenvalue weighted by atomic mass is 15.1. The Morgan fingerprint density at radius 2 is 1.70 bits per heavy atom. The van der Waals surface area contributed by atoms with E-state index in [9.17, 15) is 15.8 Å². The molecule has 1 heterocycles. The molecule has 5 heteroatoms. The van der Waals surface area contributed by atoms with Gasteiger partial charge in [-0.2, -0.15) is 15.8 Å². The zero-order valence-corrected chi connectivity index (χ0v) is 19.0. The Morgan fingerprint density at radius 3 is 2.27 bits per heavy atom. The molecule has 1 saturated carbocycles. The standard InChI is InChI=1S/C28H27N5/c1-19(2)21-8-10-22(11-9-21)26-25-16-33(15-20-6-4-3-5-7-20)13-12-23(25)24(14-29)27(32)28(26,17-30)18-31/h3-12,19,24-26,32H,13,15-16H2,1-2H3/p+1/t24-,25-,26-/m1/s1. The van der Waals surface area contributed by atoms with Crippen molar-refractivity contribution in [1.29, 1.82) is 21.2 Å². The molecule has 0 radical (unpaired) electrons. The average Bonchev–Trinajstić information content (AvgIpc) is 2.84. The number of benzene rings is 2. The van der Waals surface area contributed by atoms with Crippen LogP contribution in [-0.4, -0.2) is 18.8 Å². The summed E-state index contributed by atoms with van der Waals surface area (Å²) in [7, 11) is 0. The first-order chi connectivity index (χ1) is 15.9. The van der Waals surface area contributed by atoms with E-state index in [0.717, 1.165) is 24.2 Å². The lowest BCUT2D eigenvalue weighted by Gasteiger charge is -2.46. The second-order valence-corrected chi connectivity index (χ2v) is 9.44. The molecule has 33 heavy (non-hydrogen) atoms. The smallest absolute Gasteiger partial charge is 0.189 e. The molecule has 0 bridgehead atoms. The summed E-state index contributed by atoms with van der Waals surface area (Å²) in [5, 5.41) is 39.2. The van der Waals surface area contributed by atoms with Crippen LogP contribution in [0.4, 0.5) is 0 Å². The summed E-state index contributed by atoms with van der Waals surface area (Å²) in [6.07, 6.45) is 2.09. The fraction of sp³-hybridized carbons (Fsp3) is 0.357. The number of rotatable bonds is 4. The van der Waals surface area contributed by atoms with Gasteiger partial charge in [-0.1, -0.05) is 68.4 Å². The molecule has 0 spiro atoms. The van der Waals surface area contributed by atoms with Crippen molar-refractivity contribution in [2.45, 2.75) is 32.2 Å². The van der Waals surface area contributed by atoms with E-state index in [-0.39, 0.29) is 11.6 Å². The molecule has 1 aliphatic heterocycles. The maximum Gasteiger partial charge on any atom is 0.189 e. The van der Waals surface area contributed by atoms with Gasteiger partial charge in [0.15, 0.2) is 5.41 Å². The second kappa shape index (κ2) is 9.03. The SMILES string of the molecule is CC(C)c1ccc([C@@H]2[C@@H]3C[NH+](Cc4ccccc4)CC=C3[C@@H](C#N)C(=N)C2(C#N)C#N)cc1.